The molecule has 3 rings (SSSR count). The Hall–Kier alpha value is -1.98. The first kappa shape index (κ1) is 14.0. The van der Waals surface area contributed by atoms with Crippen molar-refractivity contribution >= 4 is 11.8 Å². The van der Waals surface area contributed by atoms with E-state index in [-0.39, 0.29) is 29.7 Å². The zero-order valence-corrected chi connectivity index (χ0v) is 12.3. The summed E-state index contributed by atoms with van der Waals surface area (Å²) < 4.78 is 0. The van der Waals surface area contributed by atoms with Crippen LogP contribution in [0.15, 0.2) is 18.5 Å². The lowest BCUT2D eigenvalue weighted by Crippen LogP contribution is -2.65. The summed E-state index contributed by atoms with van der Waals surface area (Å²) in [6.07, 6.45) is 5.32. The van der Waals surface area contributed by atoms with Crippen molar-refractivity contribution in [2.75, 3.05) is 0 Å². The molecule has 0 bridgehead atoms. The molecule has 0 aromatic carbocycles. The van der Waals surface area contributed by atoms with Crippen LogP contribution >= 0.6 is 0 Å². The molecule has 2 unspecified atom stereocenters. The van der Waals surface area contributed by atoms with Crippen LogP contribution in [0.4, 0.5) is 0 Å². The van der Waals surface area contributed by atoms with Crippen LogP contribution in [-0.4, -0.2) is 38.8 Å². The predicted molar refractivity (Wildman–Crippen MR) is 75.9 cm³/mol. The third kappa shape index (κ3) is 2.75. The summed E-state index contributed by atoms with van der Waals surface area (Å²) in [5.41, 5.74) is 0. The molecule has 1 aliphatic carbocycles. The van der Waals surface area contributed by atoms with E-state index in [2.05, 4.69) is 15.3 Å². The molecule has 2 atom stereocenters. The van der Waals surface area contributed by atoms with E-state index in [4.69, 9.17) is 0 Å². The van der Waals surface area contributed by atoms with Crippen LogP contribution < -0.4 is 5.32 Å². The summed E-state index contributed by atoms with van der Waals surface area (Å²) in [4.78, 5) is 35.1. The van der Waals surface area contributed by atoms with Gasteiger partial charge in [-0.3, -0.25) is 9.59 Å². The molecule has 0 spiro atoms. The molecule has 1 aliphatic heterocycles. The van der Waals surface area contributed by atoms with E-state index < -0.39 is 6.04 Å². The van der Waals surface area contributed by atoms with Crippen LogP contribution in [0.1, 0.15) is 32.5 Å². The molecule has 21 heavy (non-hydrogen) atoms. The molecular weight excluding hydrogens is 268 g/mol. The first-order valence-corrected chi connectivity index (χ1v) is 7.44. The van der Waals surface area contributed by atoms with Crippen molar-refractivity contribution in [2.24, 2.45) is 11.8 Å². The highest BCUT2D eigenvalue weighted by Gasteiger charge is 2.48. The molecule has 1 N–H and O–H groups in total. The minimum absolute atomic E-state index is 0.0195. The topological polar surface area (TPSA) is 75.2 Å². The number of hydrogen-bond acceptors (Lipinski definition) is 4. The number of nitrogens with zero attached hydrogens (tertiary/aromatic N) is 3. The summed E-state index contributed by atoms with van der Waals surface area (Å²) >= 11 is 0. The lowest BCUT2D eigenvalue weighted by atomic mass is 9.96. The number of hydrogen-bond donors (Lipinski definition) is 1. The van der Waals surface area contributed by atoms with Crippen LogP contribution in [0.5, 0.6) is 0 Å². The molecule has 6 nitrogen and oxygen atoms in total. The normalized spacial score (nSPS) is 26.1. The van der Waals surface area contributed by atoms with Gasteiger partial charge in [0.2, 0.25) is 11.8 Å². The monoisotopic (exact) mass is 288 g/mol. The van der Waals surface area contributed by atoms with Gasteiger partial charge in [0.05, 0.1) is 6.54 Å². The van der Waals surface area contributed by atoms with Gasteiger partial charge in [-0.25, -0.2) is 9.97 Å². The summed E-state index contributed by atoms with van der Waals surface area (Å²) in [6, 6.07) is 0.927. The number of amides is 2. The first-order chi connectivity index (χ1) is 10.1. The van der Waals surface area contributed by atoms with Crippen molar-refractivity contribution in [1.82, 2.24) is 20.2 Å². The Morgan fingerprint density at radius 1 is 1.29 bits per heavy atom. The van der Waals surface area contributed by atoms with Crippen molar-refractivity contribution in [3.8, 4) is 0 Å². The molecule has 2 aliphatic rings. The molecule has 2 heterocycles. The van der Waals surface area contributed by atoms with E-state index in [1.165, 1.54) is 0 Å². The van der Waals surface area contributed by atoms with E-state index >= 15 is 0 Å². The van der Waals surface area contributed by atoms with Crippen LogP contribution in [0.3, 0.4) is 0 Å². The molecule has 2 amide bonds. The van der Waals surface area contributed by atoms with Crippen molar-refractivity contribution in [2.45, 2.75) is 45.3 Å². The molecule has 6 heteroatoms. The highest BCUT2D eigenvalue weighted by Crippen LogP contribution is 2.37. The maximum Gasteiger partial charge on any atom is 0.246 e. The minimum atomic E-state index is -0.448. The second kappa shape index (κ2) is 5.42. The van der Waals surface area contributed by atoms with Gasteiger partial charge in [0.15, 0.2) is 0 Å². The maximum atomic E-state index is 12.7. The van der Waals surface area contributed by atoms with E-state index in [0.29, 0.717) is 12.4 Å². The second-order valence-corrected chi connectivity index (χ2v) is 6.14. The quantitative estimate of drug-likeness (QED) is 0.886. The lowest BCUT2D eigenvalue weighted by molar-refractivity contribution is -0.152. The summed E-state index contributed by atoms with van der Waals surface area (Å²) in [5.74, 6) is 0.876. The average Bonchev–Trinajstić information content (AvgIpc) is 3.28. The number of carbonyl (C=O) groups is 2. The molecule has 112 valence electrons. The fourth-order valence-electron chi connectivity index (χ4n) is 2.83. The number of rotatable bonds is 4. The van der Waals surface area contributed by atoms with Crippen molar-refractivity contribution in [3.05, 3.63) is 24.3 Å². The fourth-order valence-corrected chi connectivity index (χ4v) is 2.83. The van der Waals surface area contributed by atoms with Crippen molar-refractivity contribution in [1.29, 1.82) is 0 Å². The summed E-state index contributed by atoms with van der Waals surface area (Å²) in [7, 11) is 0. The van der Waals surface area contributed by atoms with Gasteiger partial charge in [0.1, 0.15) is 17.9 Å². The van der Waals surface area contributed by atoms with Crippen LogP contribution in [-0.2, 0) is 16.1 Å². The minimum Gasteiger partial charge on any atom is -0.342 e. The van der Waals surface area contributed by atoms with Gasteiger partial charge in [-0.05, 0) is 30.7 Å². The molecule has 1 aromatic heterocycles. The number of aromatic nitrogens is 2. The Bertz CT molecular complexity index is 542. The third-order valence-electron chi connectivity index (χ3n) is 4.12. The van der Waals surface area contributed by atoms with Crippen LogP contribution in [0.25, 0.3) is 0 Å². The molecular formula is C15H20N4O2. The standard InChI is InChI=1S/C15H20N4O2/c1-9(2)12-15(21)19(8-11-16-6-3-7-17-11)13(10-4-5-10)14(20)18-12/h3,6-7,9-10,12-13H,4-5,8H2,1-2H3,(H,18,20). The molecule has 1 saturated carbocycles. The van der Waals surface area contributed by atoms with E-state index in [1.807, 2.05) is 13.8 Å². The van der Waals surface area contributed by atoms with E-state index in [0.717, 1.165) is 12.8 Å². The lowest BCUT2D eigenvalue weighted by Gasteiger charge is -2.40. The van der Waals surface area contributed by atoms with Crippen molar-refractivity contribution < 1.29 is 9.59 Å². The average molecular weight is 288 g/mol. The highest BCUT2D eigenvalue weighted by atomic mass is 16.2. The van der Waals surface area contributed by atoms with Crippen LogP contribution in [0, 0.1) is 11.8 Å². The largest absolute Gasteiger partial charge is 0.342 e. The number of nitrogens with one attached hydrogen (secondary N) is 1. The molecule has 2 fully saturated rings. The van der Waals surface area contributed by atoms with Gasteiger partial charge < -0.3 is 10.2 Å². The van der Waals surface area contributed by atoms with Crippen LogP contribution in [0.2, 0.25) is 0 Å². The first-order valence-electron chi connectivity index (χ1n) is 7.44. The Morgan fingerprint density at radius 2 is 1.95 bits per heavy atom. The van der Waals surface area contributed by atoms with Gasteiger partial charge in [0.25, 0.3) is 0 Å². The zero-order valence-electron chi connectivity index (χ0n) is 12.3. The second-order valence-electron chi connectivity index (χ2n) is 6.14. The number of carbonyl (C=O) groups excluding carboxylic acids is 2. The van der Waals surface area contributed by atoms with E-state index in [1.54, 1.807) is 23.4 Å². The van der Waals surface area contributed by atoms with E-state index in [9.17, 15) is 9.59 Å². The number of piperazine rings is 1. The Labute approximate surface area is 124 Å². The van der Waals surface area contributed by atoms with Gasteiger partial charge in [0, 0.05) is 12.4 Å². The zero-order chi connectivity index (χ0) is 15.0. The van der Waals surface area contributed by atoms with Gasteiger partial charge >= 0.3 is 0 Å². The Balaban J connectivity index is 1.87. The molecule has 1 saturated heterocycles. The summed E-state index contributed by atoms with van der Waals surface area (Å²) in [6.45, 7) is 4.19. The smallest absolute Gasteiger partial charge is 0.246 e. The van der Waals surface area contributed by atoms with Crippen molar-refractivity contribution in [3.63, 3.8) is 0 Å². The maximum absolute atomic E-state index is 12.7. The molecule has 0 radical (unpaired) electrons. The third-order valence-corrected chi connectivity index (χ3v) is 4.12. The Kier molecular flexibility index (Phi) is 3.61. The van der Waals surface area contributed by atoms with Gasteiger partial charge in [-0.1, -0.05) is 13.8 Å². The Morgan fingerprint density at radius 3 is 2.52 bits per heavy atom. The SMILES string of the molecule is CC(C)C1NC(=O)C(C2CC2)N(Cc2ncccn2)C1=O. The fraction of sp³-hybridized carbons (Fsp3) is 0.600. The predicted octanol–water partition coefficient (Wildman–Crippen LogP) is 0.738. The van der Waals surface area contributed by atoms with Gasteiger partial charge in [-0.15, -0.1) is 0 Å². The highest BCUT2D eigenvalue weighted by molar-refractivity contribution is 5.97. The van der Waals surface area contributed by atoms with Gasteiger partial charge in [-0.2, -0.15) is 0 Å². The molecule has 1 aromatic rings. The summed E-state index contributed by atoms with van der Waals surface area (Å²) in [5, 5.41) is 2.88.